The van der Waals surface area contributed by atoms with E-state index < -0.39 is 22.7 Å². The molecule has 0 amide bonds. The molecule has 0 saturated heterocycles. The lowest BCUT2D eigenvalue weighted by Gasteiger charge is -2.02. The highest BCUT2D eigenvalue weighted by Crippen LogP contribution is 2.30. The zero-order valence-electron chi connectivity index (χ0n) is 6.58. The van der Waals surface area contributed by atoms with Crippen molar-refractivity contribution in [2.45, 2.75) is 6.43 Å². The van der Waals surface area contributed by atoms with Crippen LogP contribution in [0.1, 0.15) is 12.0 Å². The maximum absolute atomic E-state index is 12.3. The Bertz CT molecular complexity index is 386. The summed E-state index contributed by atoms with van der Waals surface area (Å²) in [5.41, 5.74) is 4.55. The zero-order chi connectivity index (χ0) is 10.9. The highest BCUT2D eigenvalue weighted by atomic mass is 127. The Morgan fingerprint density at radius 1 is 1.64 bits per heavy atom. The number of nitro groups is 1. The van der Waals surface area contributed by atoms with Crippen LogP contribution in [0.2, 0.25) is 0 Å². The second kappa shape index (κ2) is 3.98. The van der Waals surface area contributed by atoms with Gasteiger partial charge in [0.15, 0.2) is 0 Å². The zero-order valence-corrected chi connectivity index (χ0v) is 8.73. The van der Waals surface area contributed by atoms with Gasteiger partial charge >= 0.3 is 5.82 Å². The Hall–Kier alpha value is -1.06. The fourth-order valence-electron chi connectivity index (χ4n) is 0.821. The number of alkyl halides is 2. The van der Waals surface area contributed by atoms with Crippen LogP contribution in [0.5, 0.6) is 0 Å². The molecule has 0 atom stereocenters. The number of halogens is 3. The molecule has 0 aliphatic heterocycles. The second-order valence-electron chi connectivity index (χ2n) is 2.34. The largest absolute Gasteiger partial charge is 0.395 e. The van der Waals surface area contributed by atoms with Crippen LogP contribution in [-0.4, -0.2) is 9.91 Å². The average molecular weight is 315 g/mol. The number of nitrogen functional groups attached to an aromatic ring is 1. The van der Waals surface area contributed by atoms with Crippen molar-refractivity contribution in [2.75, 3.05) is 5.73 Å². The molecule has 0 bridgehead atoms. The summed E-state index contributed by atoms with van der Waals surface area (Å²) in [7, 11) is 0. The molecule has 0 aliphatic rings. The van der Waals surface area contributed by atoms with Crippen LogP contribution in [0.25, 0.3) is 0 Å². The molecule has 14 heavy (non-hydrogen) atoms. The molecule has 1 aromatic rings. The van der Waals surface area contributed by atoms with Gasteiger partial charge in [0.1, 0.15) is 5.56 Å². The van der Waals surface area contributed by atoms with E-state index in [0.29, 0.717) is 0 Å². The first-order chi connectivity index (χ1) is 6.43. The third-order valence-corrected chi connectivity index (χ3v) is 2.28. The van der Waals surface area contributed by atoms with Crippen LogP contribution >= 0.6 is 22.6 Å². The Labute approximate surface area is 90.6 Å². The summed E-state index contributed by atoms with van der Waals surface area (Å²) in [4.78, 5) is 12.8. The Kier molecular flexibility index (Phi) is 3.13. The molecule has 5 nitrogen and oxygen atoms in total. The van der Waals surface area contributed by atoms with E-state index in [1.165, 1.54) is 0 Å². The number of nitrogens with two attached hydrogens (primary N) is 1. The number of rotatable bonds is 2. The SMILES string of the molecule is Nc1cc(C(F)F)c([N+](=O)[O-])nc1I. The number of pyridine rings is 1. The highest BCUT2D eigenvalue weighted by Gasteiger charge is 2.25. The maximum atomic E-state index is 12.3. The van der Waals surface area contributed by atoms with E-state index in [4.69, 9.17) is 5.73 Å². The van der Waals surface area contributed by atoms with Gasteiger partial charge < -0.3 is 15.8 Å². The van der Waals surface area contributed by atoms with Gasteiger partial charge in [-0.3, -0.25) is 0 Å². The molecule has 0 spiro atoms. The van der Waals surface area contributed by atoms with Crippen molar-refractivity contribution in [1.29, 1.82) is 0 Å². The Balaban J connectivity index is 3.39. The summed E-state index contributed by atoms with van der Waals surface area (Å²) < 4.78 is 24.7. The van der Waals surface area contributed by atoms with E-state index in [9.17, 15) is 18.9 Å². The Morgan fingerprint density at radius 3 is 2.64 bits per heavy atom. The summed E-state index contributed by atoms with van der Waals surface area (Å²) in [6.07, 6.45) is -2.96. The highest BCUT2D eigenvalue weighted by molar-refractivity contribution is 14.1. The standard InChI is InChI=1S/C6H4F2IN3O2/c7-4(8)2-1-3(10)5(9)11-6(2)12(13)14/h1,4H,10H2. The molecule has 0 radical (unpaired) electrons. The van der Waals surface area contributed by atoms with E-state index >= 15 is 0 Å². The van der Waals surface area contributed by atoms with Crippen LogP contribution in [-0.2, 0) is 0 Å². The monoisotopic (exact) mass is 315 g/mol. The quantitative estimate of drug-likeness (QED) is 0.392. The van der Waals surface area contributed by atoms with Gasteiger partial charge in [0, 0.05) is 22.6 Å². The van der Waals surface area contributed by atoms with E-state index in [1.54, 1.807) is 22.6 Å². The fraction of sp³-hybridized carbons (Fsp3) is 0.167. The van der Waals surface area contributed by atoms with Crippen LogP contribution in [0.15, 0.2) is 6.07 Å². The fourth-order valence-corrected chi connectivity index (χ4v) is 1.20. The van der Waals surface area contributed by atoms with Crippen molar-refractivity contribution in [1.82, 2.24) is 4.98 Å². The summed E-state index contributed by atoms with van der Waals surface area (Å²) in [5, 5.41) is 10.4. The van der Waals surface area contributed by atoms with Crippen molar-refractivity contribution in [2.24, 2.45) is 0 Å². The summed E-state index contributed by atoms with van der Waals surface area (Å²) in [6, 6.07) is 0.873. The molecule has 76 valence electrons. The smallest absolute Gasteiger partial charge is 0.373 e. The number of anilines is 1. The predicted octanol–water partition coefficient (Wildman–Crippen LogP) is 2.11. The normalized spacial score (nSPS) is 10.6. The lowest BCUT2D eigenvalue weighted by molar-refractivity contribution is -0.391. The van der Waals surface area contributed by atoms with Crippen molar-refractivity contribution < 1.29 is 13.7 Å². The molecule has 2 N–H and O–H groups in total. The first kappa shape index (κ1) is 11.0. The molecule has 0 unspecified atom stereocenters. The van der Waals surface area contributed by atoms with Gasteiger partial charge in [-0.25, -0.2) is 8.78 Å². The molecule has 0 fully saturated rings. The molecule has 0 saturated carbocycles. The van der Waals surface area contributed by atoms with Crippen LogP contribution in [0.3, 0.4) is 0 Å². The lowest BCUT2D eigenvalue weighted by Crippen LogP contribution is -2.03. The topological polar surface area (TPSA) is 82.0 Å². The number of aromatic nitrogens is 1. The molecule has 1 heterocycles. The van der Waals surface area contributed by atoms with Crippen LogP contribution < -0.4 is 5.73 Å². The molecule has 1 rings (SSSR count). The summed E-state index contributed by atoms with van der Waals surface area (Å²) in [5.74, 6) is -0.849. The van der Waals surface area contributed by atoms with Gasteiger partial charge in [-0.1, -0.05) is 0 Å². The third-order valence-electron chi connectivity index (χ3n) is 1.42. The van der Waals surface area contributed by atoms with Gasteiger partial charge in [0.05, 0.1) is 5.69 Å². The van der Waals surface area contributed by atoms with E-state index in [1.807, 2.05) is 0 Å². The van der Waals surface area contributed by atoms with E-state index in [0.717, 1.165) is 6.07 Å². The van der Waals surface area contributed by atoms with Gasteiger partial charge in [-0.05, 0) is 16.0 Å². The summed E-state index contributed by atoms with van der Waals surface area (Å²) in [6.45, 7) is 0. The molecular weight excluding hydrogens is 311 g/mol. The van der Waals surface area contributed by atoms with Crippen molar-refractivity contribution in [3.05, 3.63) is 25.4 Å². The van der Waals surface area contributed by atoms with Crippen molar-refractivity contribution >= 4 is 34.1 Å². The number of hydrogen-bond donors (Lipinski definition) is 1. The number of hydrogen-bond acceptors (Lipinski definition) is 4. The van der Waals surface area contributed by atoms with E-state index in [-0.39, 0.29) is 9.39 Å². The molecular formula is C6H4F2IN3O2. The van der Waals surface area contributed by atoms with Crippen LogP contribution in [0, 0.1) is 13.8 Å². The van der Waals surface area contributed by atoms with Gasteiger partial charge in [0.2, 0.25) is 3.70 Å². The molecule has 0 aliphatic carbocycles. The van der Waals surface area contributed by atoms with Gasteiger partial charge in [-0.15, -0.1) is 0 Å². The molecule has 8 heteroatoms. The number of nitrogens with zero attached hydrogens (tertiary/aromatic N) is 2. The van der Waals surface area contributed by atoms with Gasteiger partial charge in [-0.2, -0.15) is 0 Å². The average Bonchev–Trinajstić information content (AvgIpc) is 2.08. The summed E-state index contributed by atoms with van der Waals surface area (Å²) >= 11 is 1.64. The van der Waals surface area contributed by atoms with Crippen molar-refractivity contribution in [3.8, 4) is 0 Å². The first-order valence-corrected chi connectivity index (χ1v) is 4.39. The van der Waals surface area contributed by atoms with Crippen molar-refractivity contribution in [3.63, 3.8) is 0 Å². The maximum Gasteiger partial charge on any atom is 0.373 e. The second-order valence-corrected chi connectivity index (χ2v) is 3.36. The minimum absolute atomic E-state index is 0.00602. The van der Waals surface area contributed by atoms with E-state index in [2.05, 4.69) is 4.98 Å². The minimum atomic E-state index is -2.96. The minimum Gasteiger partial charge on any atom is -0.395 e. The predicted molar refractivity (Wildman–Crippen MR) is 53.0 cm³/mol. The first-order valence-electron chi connectivity index (χ1n) is 3.32. The molecule has 1 aromatic heterocycles. The van der Waals surface area contributed by atoms with Gasteiger partial charge in [0.25, 0.3) is 6.43 Å². The Morgan fingerprint density at radius 2 is 2.21 bits per heavy atom. The third kappa shape index (κ3) is 2.05. The molecule has 0 aromatic carbocycles. The lowest BCUT2D eigenvalue weighted by atomic mass is 10.2. The van der Waals surface area contributed by atoms with Crippen LogP contribution in [0.4, 0.5) is 20.3 Å².